The van der Waals surface area contributed by atoms with E-state index in [0.717, 1.165) is 29.7 Å². The molecule has 0 atom stereocenters. The van der Waals surface area contributed by atoms with Crippen LogP contribution in [0.5, 0.6) is 0 Å². The van der Waals surface area contributed by atoms with Crippen molar-refractivity contribution in [3.05, 3.63) is 59.2 Å². The summed E-state index contributed by atoms with van der Waals surface area (Å²) in [4.78, 5) is 25.6. The number of rotatable bonds is 6. The van der Waals surface area contributed by atoms with Gasteiger partial charge in [-0.05, 0) is 62.1 Å². The van der Waals surface area contributed by atoms with Crippen LogP contribution in [0.4, 0.5) is 11.4 Å². The fraction of sp³-hybridized carbons (Fsp3) is 0.318. The average Bonchev–Trinajstić information content (AvgIpc) is 2.68. The fourth-order valence-corrected chi connectivity index (χ4v) is 2.69. The van der Waals surface area contributed by atoms with Crippen molar-refractivity contribution in [2.75, 3.05) is 10.6 Å². The van der Waals surface area contributed by atoms with Crippen molar-refractivity contribution >= 4 is 23.2 Å². The SMILES string of the molecule is CCc1cccc(CC)c1NC(=O)C(C)(C)C(=O)Nc1ccc(C#N)cc1. The van der Waals surface area contributed by atoms with Crippen LogP contribution in [0.25, 0.3) is 0 Å². The molecule has 2 amide bonds. The van der Waals surface area contributed by atoms with Gasteiger partial charge in [-0.1, -0.05) is 32.0 Å². The number of carbonyl (C=O) groups is 2. The summed E-state index contributed by atoms with van der Waals surface area (Å²) in [5, 5.41) is 14.6. The molecule has 27 heavy (non-hydrogen) atoms. The van der Waals surface area contributed by atoms with Gasteiger partial charge >= 0.3 is 0 Å². The zero-order valence-corrected chi connectivity index (χ0v) is 16.2. The molecule has 0 fully saturated rings. The summed E-state index contributed by atoms with van der Waals surface area (Å²) in [5.41, 5.74) is 2.68. The first-order chi connectivity index (χ1) is 12.8. The van der Waals surface area contributed by atoms with Crippen molar-refractivity contribution in [1.29, 1.82) is 5.26 Å². The predicted molar refractivity (Wildman–Crippen MR) is 107 cm³/mol. The molecule has 2 rings (SSSR count). The van der Waals surface area contributed by atoms with Crippen molar-refractivity contribution in [3.8, 4) is 6.07 Å². The van der Waals surface area contributed by atoms with Gasteiger partial charge in [-0.25, -0.2) is 0 Å². The molecule has 0 aliphatic carbocycles. The van der Waals surface area contributed by atoms with Crippen LogP contribution in [-0.4, -0.2) is 11.8 Å². The van der Waals surface area contributed by atoms with E-state index in [1.165, 1.54) is 0 Å². The Morgan fingerprint density at radius 3 is 1.93 bits per heavy atom. The normalized spacial score (nSPS) is 10.8. The van der Waals surface area contributed by atoms with Crippen molar-refractivity contribution in [3.63, 3.8) is 0 Å². The Kier molecular flexibility index (Phi) is 6.36. The van der Waals surface area contributed by atoms with Crippen LogP contribution in [0.3, 0.4) is 0 Å². The summed E-state index contributed by atoms with van der Waals surface area (Å²) in [7, 11) is 0. The maximum atomic E-state index is 12.9. The van der Waals surface area contributed by atoms with Crippen LogP contribution in [0, 0.1) is 16.7 Å². The number of nitrogens with zero attached hydrogens (tertiary/aromatic N) is 1. The number of anilines is 2. The minimum Gasteiger partial charge on any atom is -0.325 e. The smallest absolute Gasteiger partial charge is 0.239 e. The standard InChI is InChI=1S/C22H25N3O2/c1-5-16-8-7-9-17(6-2)19(16)25-21(27)22(3,4)20(26)24-18-12-10-15(14-23)11-13-18/h7-13H,5-6H2,1-4H3,(H,24,26)(H,25,27). The van der Waals surface area contributed by atoms with Gasteiger partial charge in [-0.3, -0.25) is 9.59 Å². The van der Waals surface area contributed by atoms with Crippen molar-refractivity contribution in [2.45, 2.75) is 40.5 Å². The number of carbonyl (C=O) groups excluding carboxylic acids is 2. The van der Waals surface area contributed by atoms with Gasteiger partial charge in [0.2, 0.25) is 11.8 Å². The van der Waals surface area contributed by atoms with Gasteiger partial charge in [-0.2, -0.15) is 5.26 Å². The highest BCUT2D eigenvalue weighted by atomic mass is 16.2. The largest absolute Gasteiger partial charge is 0.325 e. The highest BCUT2D eigenvalue weighted by Crippen LogP contribution is 2.27. The highest BCUT2D eigenvalue weighted by molar-refractivity contribution is 6.14. The van der Waals surface area contributed by atoms with Crippen LogP contribution in [0.2, 0.25) is 0 Å². The predicted octanol–water partition coefficient (Wildman–Crippen LogP) is 4.29. The Morgan fingerprint density at radius 1 is 0.926 bits per heavy atom. The molecule has 0 spiro atoms. The fourth-order valence-electron chi connectivity index (χ4n) is 2.69. The summed E-state index contributed by atoms with van der Waals surface area (Å²) in [5.74, 6) is -0.763. The Labute approximate surface area is 160 Å². The third-order valence-electron chi connectivity index (χ3n) is 4.64. The summed E-state index contributed by atoms with van der Waals surface area (Å²) in [6, 6.07) is 14.5. The lowest BCUT2D eigenvalue weighted by Crippen LogP contribution is -2.42. The molecule has 0 saturated heterocycles. The molecule has 0 heterocycles. The number of benzene rings is 2. The molecule has 0 aromatic heterocycles. The maximum absolute atomic E-state index is 12.9. The topological polar surface area (TPSA) is 82.0 Å². The first-order valence-corrected chi connectivity index (χ1v) is 9.07. The number of hydrogen-bond donors (Lipinski definition) is 2. The number of nitrogens with one attached hydrogen (secondary N) is 2. The monoisotopic (exact) mass is 363 g/mol. The summed E-state index contributed by atoms with van der Waals surface area (Å²) in [6.45, 7) is 7.27. The third-order valence-corrected chi connectivity index (χ3v) is 4.64. The molecule has 2 aromatic rings. The van der Waals surface area contributed by atoms with Crippen LogP contribution < -0.4 is 10.6 Å². The van der Waals surface area contributed by atoms with Gasteiger partial charge in [0.25, 0.3) is 0 Å². The van der Waals surface area contributed by atoms with Gasteiger partial charge in [-0.15, -0.1) is 0 Å². The van der Waals surface area contributed by atoms with Crippen LogP contribution in [-0.2, 0) is 22.4 Å². The third kappa shape index (κ3) is 4.53. The molecule has 0 radical (unpaired) electrons. The lowest BCUT2D eigenvalue weighted by molar-refractivity contribution is -0.135. The van der Waals surface area contributed by atoms with Gasteiger partial charge in [0.15, 0.2) is 0 Å². The molecule has 140 valence electrons. The van der Waals surface area contributed by atoms with E-state index in [9.17, 15) is 9.59 Å². The lowest BCUT2D eigenvalue weighted by Gasteiger charge is -2.24. The van der Waals surface area contributed by atoms with E-state index in [-0.39, 0.29) is 5.91 Å². The molecule has 0 saturated carbocycles. The molecule has 2 aromatic carbocycles. The van der Waals surface area contributed by atoms with Crippen molar-refractivity contribution < 1.29 is 9.59 Å². The van der Waals surface area contributed by atoms with E-state index in [0.29, 0.717) is 11.3 Å². The molecule has 0 unspecified atom stereocenters. The van der Waals surface area contributed by atoms with Crippen LogP contribution in [0.1, 0.15) is 44.4 Å². The van der Waals surface area contributed by atoms with Gasteiger partial charge < -0.3 is 10.6 Å². The summed E-state index contributed by atoms with van der Waals surface area (Å²) < 4.78 is 0. The maximum Gasteiger partial charge on any atom is 0.239 e. The van der Waals surface area contributed by atoms with Gasteiger partial charge in [0.1, 0.15) is 5.41 Å². The quantitative estimate of drug-likeness (QED) is 0.751. The van der Waals surface area contributed by atoms with E-state index < -0.39 is 11.3 Å². The molecular weight excluding hydrogens is 338 g/mol. The molecule has 5 nitrogen and oxygen atoms in total. The molecule has 2 N–H and O–H groups in total. The molecule has 0 aliphatic heterocycles. The number of amides is 2. The molecule has 5 heteroatoms. The van der Waals surface area contributed by atoms with Crippen LogP contribution >= 0.6 is 0 Å². The van der Waals surface area contributed by atoms with Crippen LogP contribution in [0.15, 0.2) is 42.5 Å². The van der Waals surface area contributed by atoms with Crippen molar-refractivity contribution in [2.24, 2.45) is 5.41 Å². The summed E-state index contributed by atoms with van der Waals surface area (Å²) >= 11 is 0. The van der Waals surface area contributed by atoms with E-state index in [2.05, 4.69) is 10.6 Å². The van der Waals surface area contributed by atoms with Crippen molar-refractivity contribution in [1.82, 2.24) is 0 Å². The minimum absolute atomic E-state index is 0.357. The second kappa shape index (κ2) is 8.50. The summed E-state index contributed by atoms with van der Waals surface area (Å²) in [6.07, 6.45) is 1.59. The highest BCUT2D eigenvalue weighted by Gasteiger charge is 2.36. The molecular formula is C22H25N3O2. The number of hydrogen-bond acceptors (Lipinski definition) is 3. The van der Waals surface area contributed by atoms with E-state index in [1.807, 2.05) is 38.1 Å². The zero-order chi connectivity index (χ0) is 20.0. The average molecular weight is 363 g/mol. The molecule has 0 aliphatic rings. The van der Waals surface area contributed by atoms with E-state index >= 15 is 0 Å². The zero-order valence-electron chi connectivity index (χ0n) is 16.2. The molecule has 0 bridgehead atoms. The Hall–Kier alpha value is -3.13. The number of nitriles is 1. The Balaban J connectivity index is 2.19. The minimum atomic E-state index is -1.26. The van der Waals surface area contributed by atoms with Gasteiger partial charge in [0, 0.05) is 11.4 Å². The van der Waals surface area contributed by atoms with Gasteiger partial charge in [0.05, 0.1) is 11.6 Å². The number of aryl methyl sites for hydroxylation is 2. The Morgan fingerprint density at radius 2 is 1.44 bits per heavy atom. The Bertz CT molecular complexity index is 855. The lowest BCUT2D eigenvalue weighted by atomic mass is 9.90. The first-order valence-electron chi connectivity index (χ1n) is 9.07. The second-order valence-electron chi connectivity index (χ2n) is 6.88. The van der Waals surface area contributed by atoms with E-state index in [4.69, 9.17) is 5.26 Å². The number of para-hydroxylation sites is 1. The first kappa shape index (κ1) is 20.2. The van der Waals surface area contributed by atoms with E-state index in [1.54, 1.807) is 38.1 Å². The second-order valence-corrected chi connectivity index (χ2v) is 6.88.